The minimum atomic E-state index is -0.580. The van der Waals surface area contributed by atoms with Crippen molar-refractivity contribution in [3.05, 3.63) is 11.8 Å². The summed E-state index contributed by atoms with van der Waals surface area (Å²) in [7, 11) is 3.30. The molecule has 0 fully saturated rings. The van der Waals surface area contributed by atoms with Gasteiger partial charge in [-0.15, -0.1) is 0 Å². The fourth-order valence-corrected chi connectivity index (χ4v) is 0.988. The molecular formula is C7H13N3O2. The molecule has 0 aliphatic heterocycles. The molecule has 1 unspecified atom stereocenters. The molecule has 5 nitrogen and oxygen atoms in total. The largest absolute Gasteiger partial charge is 0.481 e. The van der Waals surface area contributed by atoms with Gasteiger partial charge in [0.2, 0.25) is 5.88 Å². The highest BCUT2D eigenvalue weighted by molar-refractivity contribution is 5.25. The van der Waals surface area contributed by atoms with Gasteiger partial charge in [0.25, 0.3) is 0 Å². The van der Waals surface area contributed by atoms with Gasteiger partial charge < -0.3 is 15.2 Å². The molecule has 0 saturated carbocycles. The van der Waals surface area contributed by atoms with E-state index in [9.17, 15) is 5.11 Å². The number of likely N-dealkylation sites (N-methyl/N-ethyl adjacent to an activating group) is 1. The minimum absolute atomic E-state index is 0.482. The molecular weight excluding hydrogens is 158 g/mol. The van der Waals surface area contributed by atoms with E-state index in [4.69, 9.17) is 4.74 Å². The number of hydrogen-bond donors (Lipinski definition) is 3. The molecule has 68 valence electrons. The summed E-state index contributed by atoms with van der Waals surface area (Å²) < 4.78 is 4.95. The number of hydrogen-bond acceptors (Lipinski definition) is 4. The maximum atomic E-state index is 9.52. The average Bonchev–Trinajstić information content (AvgIpc) is 2.51. The van der Waals surface area contributed by atoms with Crippen molar-refractivity contribution in [3.8, 4) is 5.88 Å². The molecule has 12 heavy (non-hydrogen) atoms. The molecule has 0 aliphatic carbocycles. The molecule has 1 rings (SSSR count). The second-order valence-electron chi connectivity index (χ2n) is 2.43. The quantitative estimate of drug-likeness (QED) is 0.580. The van der Waals surface area contributed by atoms with Gasteiger partial charge in [-0.3, -0.25) is 0 Å². The van der Waals surface area contributed by atoms with E-state index < -0.39 is 6.10 Å². The zero-order chi connectivity index (χ0) is 8.97. The zero-order valence-corrected chi connectivity index (χ0v) is 7.16. The van der Waals surface area contributed by atoms with E-state index in [0.717, 1.165) is 0 Å². The lowest BCUT2D eigenvalue weighted by molar-refractivity contribution is 0.173. The van der Waals surface area contributed by atoms with Crippen molar-refractivity contribution in [2.24, 2.45) is 0 Å². The van der Waals surface area contributed by atoms with E-state index >= 15 is 0 Å². The first-order valence-corrected chi connectivity index (χ1v) is 3.69. The molecule has 3 N–H and O–H groups in total. The number of aliphatic hydroxyl groups is 1. The van der Waals surface area contributed by atoms with Crippen LogP contribution in [0.3, 0.4) is 0 Å². The summed E-state index contributed by atoms with van der Waals surface area (Å²) in [5.74, 6) is 0.512. The molecule has 0 radical (unpaired) electrons. The predicted octanol–water partition coefficient (Wildman–Crippen LogP) is -0.329. The van der Waals surface area contributed by atoms with Crippen molar-refractivity contribution in [2.75, 3.05) is 20.7 Å². The van der Waals surface area contributed by atoms with Crippen molar-refractivity contribution in [1.82, 2.24) is 15.5 Å². The number of aromatic nitrogens is 2. The van der Waals surface area contributed by atoms with Gasteiger partial charge in [-0.25, -0.2) is 5.10 Å². The summed E-state index contributed by atoms with van der Waals surface area (Å²) in [6, 6.07) is 0. The Hall–Kier alpha value is -1.07. The first-order valence-electron chi connectivity index (χ1n) is 3.69. The number of ether oxygens (including phenoxy) is 1. The summed E-state index contributed by atoms with van der Waals surface area (Å²) in [5.41, 5.74) is 0.673. The third-order valence-corrected chi connectivity index (χ3v) is 1.59. The molecule has 0 spiro atoms. The van der Waals surface area contributed by atoms with Crippen molar-refractivity contribution in [1.29, 1.82) is 0 Å². The molecule has 0 bridgehead atoms. The molecule has 1 aromatic heterocycles. The van der Waals surface area contributed by atoms with Crippen molar-refractivity contribution in [3.63, 3.8) is 0 Å². The van der Waals surface area contributed by atoms with Gasteiger partial charge >= 0.3 is 0 Å². The minimum Gasteiger partial charge on any atom is -0.481 e. The van der Waals surface area contributed by atoms with Crippen LogP contribution >= 0.6 is 0 Å². The van der Waals surface area contributed by atoms with Crippen molar-refractivity contribution < 1.29 is 9.84 Å². The maximum absolute atomic E-state index is 9.52. The predicted molar refractivity (Wildman–Crippen MR) is 44.0 cm³/mol. The van der Waals surface area contributed by atoms with Crippen LogP contribution in [0.2, 0.25) is 0 Å². The van der Waals surface area contributed by atoms with Gasteiger partial charge in [-0.05, 0) is 7.05 Å². The second-order valence-corrected chi connectivity index (χ2v) is 2.43. The second kappa shape index (κ2) is 4.08. The molecule has 0 saturated heterocycles. The van der Waals surface area contributed by atoms with E-state index in [1.165, 1.54) is 7.11 Å². The lowest BCUT2D eigenvalue weighted by Gasteiger charge is -2.08. The highest BCUT2D eigenvalue weighted by Crippen LogP contribution is 2.20. The number of H-pyrrole nitrogens is 1. The van der Waals surface area contributed by atoms with Crippen LogP contribution in [-0.4, -0.2) is 36.0 Å². The highest BCUT2D eigenvalue weighted by Gasteiger charge is 2.13. The normalized spacial score (nSPS) is 12.9. The topological polar surface area (TPSA) is 70.2 Å². The van der Waals surface area contributed by atoms with Crippen molar-refractivity contribution >= 4 is 0 Å². The number of nitrogens with one attached hydrogen (secondary N) is 2. The van der Waals surface area contributed by atoms with Gasteiger partial charge in [0.1, 0.15) is 0 Å². The third kappa shape index (κ3) is 1.75. The van der Waals surface area contributed by atoms with Gasteiger partial charge in [-0.1, -0.05) is 0 Å². The number of nitrogens with zero attached hydrogens (tertiary/aromatic N) is 1. The van der Waals surface area contributed by atoms with Crippen molar-refractivity contribution in [2.45, 2.75) is 6.10 Å². The fraction of sp³-hybridized carbons (Fsp3) is 0.571. The molecule has 0 aliphatic rings. The SMILES string of the molecule is CNCC(O)c1cn[nH]c1OC. The smallest absolute Gasteiger partial charge is 0.214 e. The fourth-order valence-electron chi connectivity index (χ4n) is 0.988. The summed E-state index contributed by atoms with van der Waals surface area (Å²) in [4.78, 5) is 0. The Labute approximate surface area is 70.7 Å². The van der Waals surface area contributed by atoms with Gasteiger partial charge in [0.05, 0.1) is 25.0 Å². The molecule has 1 aromatic rings. The Kier molecular flexibility index (Phi) is 3.07. The first-order chi connectivity index (χ1) is 5.79. The Morgan fingerprint density at radius 3 is 3.17 bits per heavy atom. The lowest BCUT2D eigenvalue weighted by atomic mass is 10.2. The monoisotopic (exact) mass is 171 g/mol. The van der Waals surface area contributed by atoms with Crippen LogP contribution in [0, 0.1) is 0 Å². The Morgan fingerprint density at radius 1 is 1.83 bits per heavy atom. The van der Waals surface area contributed by atoms with E-state index in [1.807, 2.05) is 0 Å². The summed E-state index contributed by atoms with van der Waals surface area (Å²) in [5, 5.41) is 18.8. The molecule has 0 aromatic carbocycles. The molecule has 0 amide bonds. The van der Waals surface area contributed by atoms with Crippen LogP contribution in [0.1, 0.15) is 11.7 Å². The highest BCUT2D eigenvalue weighted by atomic mass is 16.5. The Bertz CT molecular complexity index is 236. The number of methoxy groups -OCH3 is 1. The summed E-state index contributed by atoms with van der Waals surface area (Å²) in [6.45, 7) is 0.482. The van der Waals surface area contributed by atoms with Crippen LogP contribution in [0.15, 0.2) is 6.20 Å². The third-order valence-electron chi connectivity index (χ3n) is 1.59. The summed E-state index contributed by atoms with van der Waals surface area (Å²) in [6.07, 6.45) is 0.976. The van der Waals surface area contributed by atoms with Crippen LogP contribution in [0.4, 0.5) is 0 Å². The van der Waals surface area contributed by atoms with E-state index in [2.05, 4.69) is 15.5 Å². The molecule has 5 heteroatoms. The van der Waals surface area contributed by atoms with Gasteiger partial charge in [0.15, 0.2) is 0 Å². The van der Waals surface area contributed by atoms with Crippen LogP contribution in [0.25, 0.3) is 0 Å². The van der Waals surface area contributed by atoms with E-state index in [-0.39, 0.29) is 0 Å². The summed E-state index contributed by atoms with van der Waals surface area (Å²) >= 11 is 0. The lowest BCUT2D eigenvalue weighted by Crippen LogP contribution is -2.16. The van der Waals surface area contributed by atoms with Gasteiger partial charge in [0, 0.05) is 6.54 Å². The van der Waals surface area contributed by atoms with E-state index in [1.54, 1.807) is 13.2 Å². The number of aromatic amines is 1. The number of rotatable bonds is 4. The maximum Gasteiger partial charge on any atom is 0.214 e. The zero-order valence-electron chi connectivity index (χ0n) is 7.16. The average molecular weight is 171 g/mol. The van der Waals surface area contributed by atoms with Gasteiger partial charge in [-0.2, -0.15) is 5.10 Å². The van der Waals surface area contributed by atoms with Crippen LogP contribution in [0.5, 0.6) is 5.88 Å². The molecule has 1 atom stereocenters. The Morgan fingerprint density at radius 2 is 2.58 bits per heavy atom. The van der Waals surface area contributed by atoms with Crippen LogP contribution in [-0.2, 0) is 0 Å². The number of aliphatic hydroxyl groups excluding tert-OH is 1. The van der Waals surface area contributed by atoms with E-state index in [0.29, 0.717) is 18.0 Å². The first kappa shape index (κ1) is 9.02. The van der Waals surface area contributed by atoms with Crippen LogP contribution < -0.4 is 10.1 Å². The standard InChI is InChI=1S/C7H13N3O2/c1-8-4-6(11)5-3-9-10-7(5)12-2/h3,6,8,11H,4H2,1-2H3,(H,9,10). The Balaban J connectivity index is 2.71. The molecule has 1 heterocycles.